The van der Waals surface area contributed by atoms with E-state index in [1.54, 1.807) is 4.68 Å². The van der Waals surface area contributed by atoms with Crippen molar-refractivity contribution >= 4 is 17.5 Å². The fourth-order valence-electron chi connectivity index (χ4n) is 2.71. The molecular weight excluding hydrogens is 264 g/mol. The molecule has 1 aliphatic carbocycles. The standard InChI is InChI=1S/C13H21ClN4O/c1-17-9-11(15-16-17)10-18(13(19)8-14)12-6-4-2-3-5-7-12/h9,12H,2-8,10H2,1H3. The molecule has 2 rings (SSSR count). The lowest BCUT2D eigenvalue weighted by Gasteiger charge is -2.30. The van der Waals surface area contributed by atoms with Gasteiger partial charge in [-0.15, -0.1) is 16.7 Å². The van der Waals surface area contributed by atoms with Gasteiger partial charge in [-0.2, -0.15) is 0 Å². The first-order chi connectivity index (χ1) is 9.20. The number of carbonyl (C=O) groups is 1. The van der Waals surface area contributed by atoms with Crippen LogP contribution in [0.2, 0.25) is 0 Å². The Morgan fingerprint density at radius 3 is 2.63 bits per heavy atom. The molecule has 0 aliphatic heterocycles. The van der Waals surface area contributed by atoms with Gasteiger partial charge in [0.1, 0.15) is 11.6 Å². The fourth-order valence-corrected chi connectivity index (χ4v) is 2.86. The smallest absolute Gasteiger partial charge is 0.238 e. The van der Waals surface area contributed by atoms with Crippen molar-refractivity contribution in [1.29, 1.82) is 0 Å². The highest BCUT2D eigenvalue weighted by Gasteiger charge is 2.24. The van der Waals surface area contributed by atoms with Crippen molar-refractivity contribution in [1.82, 2.24) is 19.9 Å². The maximum absolute atomic E-state index is 12.1. The number of rotatable bonds is 4. The lowest BCUT2D eigenvalue weighted by atomic mass is 10.1. The zero-order chi connectivity index (χ0) is 13.7. The predicted octanol–water partition coefficient (Wildman–Crippen LogP) is 2.11. The summed E-state index contributed by atoms with van der Waals surface area (Å²) in [6, 6.07) is 0.302. The van der Waals surface area contributed by atoms with Crippen LogP contribution in [0.15, 0.2) is 6.20 Å². The van der Waals surface area contributed by atoms with Crippen LogP contribution >= 0.6 is 11.6 Å². The highest BCUT2D eigenvalue weighted by Crippen LogP contribution is 2.23. The second-order valence-electron chi connectivity index (χ2n) is 5.18. The van der Waals surface area contributed by atoms with Crippen LogP contribution in [-0.2, 0) is 18.4 Å². The molecule has 0 bridgehead atoms. The quantitative estimate of drug-likeness (QED) is 0.628. The molecular formula is C13H21ClN4O. The van der Waals surface area contributed by atoms with Gasteiger partial charge in [0.2, 0.25) is 5.91 Å². The summed E-state index contributed by atoms with van der Waals surface area (Å²) in [6.07, 6.45) is 8.92. The van der Waals surface area contributed by atoms with Gasteiger partial charge in [-0.25, -0.2) is 0 Å². The van der Waals surface area contributed by atoms with Crippen LogP contribution in [0.4, 0.5) is 0 Å². The Morgan fingerprint density at radius 2 is 2.11 bits per heavy atom. The normalized spacial score (nSPS) is 17.2. The van der Waals surface area contributed by atoms with E-state index in [0.29, 0.717) is 12.6 Å². The predicted molar refractivity (Wildman–Crippen MR) is 73.8 cm³/mol. The highest BCUT2D eigenvalue weighted by molar-refractivity contribution is 6.27. The Kier molecular flexibility index (Phi) is 5.19. The zero-order valence-electron chi connectivity index (χ0n) is 11.4. The number of nitrogens with zero attached hydrogens (tertiary/aromatic N) is 4. The van der Waals surface area contributed by atoms with E-state index in [2.05, 4.69) is 10.3 Å². The van der Waals surface area contributed by atoms with Crippen molar-refractivity contribution < 1.29 is 4.79 Å². The van der Waals surface area contributed by atoms with E-state index in [0.717, 1.165) is 18.5 Å². The Labute approximate surface area is 118 Å². The van der Waals surface area contributed by atoms with Gasteiger partial charge < -0.3 is 4.90 Å². The van der Waals surface area contributed by atoms with Crippen molar-refractivity contribution in [3.63, 3.8) is 0 Å². The fraction of sp³-hybridized carbons (Fsp3) is 0.769. The van der Waals surface area contributed by atoms with Crippen LogP contribution in [0.25, 0.3) is 0 Å². The summed E-state index contributed by atoms with van der Waals surface area (Å²) in [5, 5.41) is 7.98. The first kappa shape index (κ1) is 14.3. The van der Waals surface area contributed by atoms with Gasteiger partial charge in [0.05, 0.1) is 6.54 Å². The molecule has 0 atom stereocenters. The molecule has 0 aromatic carbocycles. The molecule has 0 saturated heterocycles. The second-order valence-corrected chi connectivity index (χ2v) is 5.45. The van der Waals surface area contributed by atoms with Gasteiger partial charge >= 0.3 is 0 Å². The topological polar surface area (TPSA) is 51.0 Å². The van der Waals surface area contributed by atoms with E-state index in [-0.39, 0.29) is 11.8 Å². The van der Waals surface area contributed by atoms with Crippen molar-refractivity contribution in [2.24, 2.45) is 7.05 Å². The summed E-state index contributed by atoms with van der Waals surface area (Å²) in [5.74, 6) is 0.0377. The Bertz CT molecular complexity index is 413. The monoisotopic (exact) mass is 284 g/mol. The molecule has 1 aromatic heterocycles. The van der Waals surface area contributed by atoms with Gasteiger partial charge in [0.15, 0.2) is 0 Å². The van der Waals surface area contributed by atoms with Crippen LogP contribution in [0.3, 0.4) is 0 Å². The van der Waals surface area contributed by atoms with E-state index >= 15 is 0 Å². The first-order valence-electron chi connectivity index (χ1n) is 6.91. The van der Waals surface area contributed by atoms with Crippen LogP contribution in [0.1, 0.15) is 44.2 Å². The molecule has 1 heterocycles. The largest absolute Gasteiger partial charge is 0.333 e. The number of aryl methyl sites for hydroxylation is 1. The van der Waals surface area contributed by atoms with Crippen molar-refractivity contribution in [2.75, 3.05) is 5.88 Å². The van der Waals surface area contributed by atoms with E-state index in [1.165, 1.54) is 25.7 Å². The average Bonchev–Trinajstić information content (AvgIpc) is 2.67. The molecule has 0 radical (unpaired) electrons. The molecule has 5 nitrogen and oxygen atoms in total. The molecule has 6 heteroatoms. The average molecular weight is 285 g/mol. The highest BCUT2D eigenvalue weighted by atomic mass is 35.5. The molecule has 19 heavy (non-hydrogen) atoms. The minimum atomic E-state index is -0.000722. The number of alkyl halides is 1. The van der Waals surface area contributed by atoms with Crippen LogP contribution in [0, 0.1) is 0 Å². The Hall–Kier alpha value is -1.10. The molecule has 1 saturated carbocycles. The summed E-state index contributed by atoms with van der Waals surface area (Å²) in [7, 11) is 1.83. The summed E-state index contributed by atoms with van der Waals surface area (Å²) < 4.78 is 1.66. The van der Waals surface area contributed by atoms with E-state index < -0.39 is 0 Å². The first-order valence-corrected chi connectivity index (χ1v) is 7.45. The van der Waals surface area contributed by atoms with Gasteiger partial charge in [-0.1, -0.05) is 30.9 Å². The van der Waals surface area contributed by atoms with Crippen LogP contribution in [-0.4, -0.2) is 37.7 Å². The maximum atomic E-state index is 12.1. The van der Waals surface area contributed by atoms with Gasteiger partial charge in [-0.05, 0) is 12.8 Å². The van der Waals surface area contributed by atoms with Crippen molar-refractivity contribution in [3.05, 3.63) is 11.9 Å². The van der Waals surface area contributed by atoms with E-state index in [9.17, 15) is 4.79 Å². The third-order valence-electron chi connectivity index (χ3n) is 3.68. The number of amides is 1. The molecule has 1 aliphatic rings. The number of carbonyl (C=O) groups excluding carboxylic acids is 1. The Morgan fingerprint density at radius 1 is 1.42 bits per heavy atom. The lowest BCUT2D eigenvalue weighted by molar-refractivity contribution is -0.131. The summed E-state index contributed by atoms with van der Waals surface area (Å²) in [6.45, 7) is 0.518. The third kappa shape index (κ3) is 3.93. The molecule has 1 fully saturated rings. The molecule has 0 unspecified atom stereocenters. The molecule has 1 aromatic rings. The third-order valence-corrected chi connectivity index (χ3v) is 3.91. The van der Waals surface area contributed by atoms with E-state index in [1.807, 2.05) is 18.1 Å². The maximum Gasteiger partial charge on any atom is 0.238 e. The van der Waals surface area contributed by atoms with Crippen LogP contribution < -0.4 is 0 Å². The summed E-state index contributed by atoms with van der Waals surface area (Å²) in [5.41, 5.74) is 0.824. The van der Waals surface area contributed by atoms with E-state index in [4.69, 9.17) is 11.6 Å². The number of aromatic nitrogens is 3. The van der Waals surface area contributed by atoms with Crippen LogP contribution in [0.5, 0.6) is 0 Å². The van der Waals surface area contributed by atoms with Gasteiger partial charge in [0.25, 0.3) is 0 Å². The molecule has 0 spiro atoms. The number of halogens is 1. The van der Waals surface area contributed by atoms with Gasteiger partial charge in [0, 0.05) is 19.3 Å². The zero-order valence-corrected chi connectivity index (χ0v) is 12.1. The summed E-state index contributed by atoms with van der Waals surface area (Å²) in [4.78, 5) is 14.0. The SMILES string of the molecule is Cn1cc(CN(C(=O)CCl)C2CCCCCC2)nn1. The Balaban J connectivity index is 2.08. The molecule has 106 valence electrons. The van der Waals surface area contributed by atoms with Gasteiger partial charge in [-0.3, -0.25) is 9.48 Å². The second kappa shape index (κ2) is 6.89. The minimum absolute atomic E-state index is 0.000722. The van der Waals surface area contributed by atoms with Crippen molar-refractivity contribution in [3.8, 4) is 0 Å². The number of hydrogen-bond acceptors (Lipinski definition) is 3. The summed E-state index contributed by atoms with van der Waals surface area (Å²) >= 11 is 5.75. The molecule has 0 N–H and O–H groups in total. The lowest BCUT2D eigenvalue weighted by Crippen LogP contribution is -2.40. The minimum Gasteiger partial charge on any atom is -0.333 e. The number of hydrogen-bond donors (Lipinski definition) is 0. The molecule has 1 amide bonds. The van der Waals surface area contributed by atoms with Crippen molar-refractivity contribution in [2.45, 2.75) is 51.1 Å².